The number of methoxy groups -OCH3 is 1. The first-order chi connectivity index (χ1) is 12.6. The van der Waals surface area contributed by atoms with Crippen molar-refractivity contribution in [1.82, 2.24) is 0 Å². The normalized spacial score (nSPS) is 10.2. The SMILES string of the molecule is COCCOc1ccc(NC(=O)CCNc2ccccc2[N+](=O)[O-])cc1. The molecule has 0 spiro atoms. The summed E-state index contributed by atoms with van der Waals surface area (Å²) in [5, 5.41) is 16.6. The molecule has 0 heterocycles. The average molecular weight is 359 g/mol. The number of ether oxygens (including phenoxy) is 2. The lowest BCUT2D eigenvalue weighted by Gasteiger charge is -2.09. The molecule has 0 aliphatic carbocycles. The minimum absolute atomic E-state index is 0.0167. The van der Waals surface area contributed by atoms with Gasteiger partial charge in [0.2, 0.25) is 5.91 Å². The number of nitrogens with zero attached hydrogens (tertiary/aromatic N) is 1. The van der Waals surface area contributed by atoms with E-state index in [1.165, 1.54) is 6.07 Å². The molecule has 0 fully saturated rings. The molecular formula is C18H21N3O5. The van der Waals surface area contributed by atoms with Crippen LogP contribution >= 0.6 is 0 Å². The summed E-state index contributed by atoms with van der Waals surface area (Å²) < 4.78 is 10.4. The fourth-order valence-electron chi connectivity index (χ4n) is 2.19. The van der Waals surface area contributed by atoms with Crippen molar-refractivity contribution in [3.63, 3.8) is 0 Å². The minimum atomic E-state index is -0.460. The van der Waals surface area contributed by atoms with E-state index in [1.807, 2.05) is 0 Å². The molecule has 26 heavy (non-hydrogen) atoms. The van der Waals surface area contributed by atoms with Crippen LogP contribution in [0.1, 0.15) is 6.42 Å². The maximum Gasteiger partial charge on any atom is 0.292 e. The van der Waals surface area contributed by atoms with Crippen LogP contribution in [0.5, 0.6) is 5.75 Å². The van der Waals surface area contributed by atoms with Crippen molar-refractivity contribution in [1.29, 1.82) is 0 Å². The predicted molar refractivity (Wildman–Crippen MR) is 98.6 cm³/mol. The van der Waals surface area contributed by atoms with E-state index in [-0.39, 0.29) is 24.6 Å². The number of nitro benzene ring substituents is 1. The molecule has 8 nitrogen and oxygen atoms in total. The summed E-state index contributed by atoms with van der Waals surface area (Å²) in [4.78, 5) is 22.5. The molecule has 0 aliphatic rings. The monoisotopic (exact) mass is 359 g/mol. The van der Waals surface area contributed by atoms with Crippen LogP contribution in [0.3, 0.4) is 0 Å². The maximum absolute atomic E-state index is 12.0. The highest BCUT2D eigenvalue weighted by Crippen LogP contribution is 2.23. The van der Waals surface area contributed by atoms with E-state index in [0.29, 0.717) is 30.3 Å². The van der Waals surface area contributed by atoms with Gasteiger partial charge < -0.3 is 20.1 Å². The molecule has 0 aromatic heterocycles. The van der Waals surface area contributed by atoms with Crippen molar-refractivity contribution in [3.05, 3.63) is 58.6 Å². The van der Waals surface area contributed by atoms with Gasteiger partial charge in [0, 0.05) is 31.8 Å². The zero-order chi connectivity index (χ0) is 18.8. The number of benzene rings is 2. The van der Waals surface area contributed by atoms with Crippen LogP contribution in [0.2, 0.25) is 0 Å². The van der Waals surface area contributed by atoms with Crippen LogP contribution in [0.15, 0.2) is 48.5 Å². The Balaban J connectivity index is 1.78. The van der Waals surface area contributed by atoms with E-state index >= 15 is 0 Å². The molecule has 8 heteroatoms. The molecular weight excluding hydrogens is 338 g/mol. The molecule has 2 rings (SSSR count). The van der Waals surface area contributed by atoms with Gasteiger partial charge in [-0.05, 0) is 30.3 Å². The van der Waals surface area contributed by atoms with E-state index in [9.17, 15) is 14.9 Å². The molecule has 0 saturated carbocycles. The predicted octanol–water partition coefficient (Wildman–Crippen LogP) is 3.06. The molecule has 1 amide bonds. The van der Waals surface area contributed by atoms with Gasteiger partial charge in [-0.2, -0.15) is 0 Å². The smallest absolute Gasteiger partial charge is 0.292 e. The van der Waals surface area contributed by atoms with Crippen molar-refractivity contribution in [2.45, 2.75) is 6.42 Å². The van der Waals surface area contributed by atoms with Gasteiger partial charge in [-0.25, -0.2) is 0 Å². The molecule has 138 valence electrons. The number of amides is 1. The molecule has 0 saturated heterocycles. The molecule has 0 radical (unpaired) electrons. The summed E-state index contributed by atoms with van der Waals surface area (Å²) in [7, 11) is 1.60. The van der Waals surface area contributed by atoms with E-state index in [4.69, 9.17) is 9.47 Å². The fraction of sp³-hybridized carbons (Fsp3) is 0.278. The van der Waals surface area contributed by atoms with E-state index in [1.54, 1.807) is 49.6 Å². The molecule has 0 unspecified atom stereocenters. The van der Waals surface area contributed by atoms with Gasteiger partial charge in [0.15, 0.2) is 0 Å². The van der Waals surface area contributed by atoms with Crippen molar-refractivity contribution in [2.75, 3.05) is 37.5 Å². The zero-order valence-corrected chi connectivity index (χ0v) is 14.4. The van der Waals surface area contributed by atoms with Crippen molar-refractivity contribution < 1.29 is 19.2 Å². The van der Waals surface area contributed by atoms with Gasteiger partial charge in [-0.1, -0.05) is 12.1 Å². The number of hydrogen-bond acceptors (Lipinski definition) is 6. The summed E-state index contributed by atoms with van der Waals surface area (Å²) in [5.41, 5.74) is 1.03. The van der Waals surface area contributed by atoms with Gasteiger partial charge >= 0.3 is 0 Å². The summed E-state index contributed by atoms with van der Waals surface area (Å²) in [5.74, 6) is 0.502. The third-order valence-corrected chi connectivity index (χ3v) is 3.46. The first-order valence-electron chi connectivity index (χ1n) is 8.09. The van der Waals surface area contributed by atoms with Crippen LogP contribution in [0, 0.1) is 10.1 Å². The first kappa shape index (κ1) is 19.2. The highest BCUT2D eigenvalue weighted by atomic mass is 16.6. The Morgan fingerprint density at radius 1 is 1.12 bits per heavy atom. The molecule has 0 atom stereocenters. The van der Waals surface area contributed by atoms with Crippen LogP contribution in [-0.4, -0.2) is 37.7 Å². The van der Waals surface area contributed by atoms with Crippen LogP contribution in [0.25, 0.3) is 0 Å². The molecule has 0 bridgehead atoms. The second-order valence-corrected chi connectivity index (χ2v) is 5.36. The van der Waals surface area contributed by atoms with Crippen LogP contribution < -0.4 is 15.4 Å². The third-order valence-electron chi connectivity index (χ3n) is 3.46. The largest absolute Gasteiger partial charge is 0.491 e. The molecule has 2 N–H and O–H groups in total. The zero-order valence-electron chi connectivity index (χ0n) is 14.4. The minimum Gasteiger partial charge on any atom is -0.491 e. The van der Waals surface area contributed by atoms with Crippen LogP contribution in [0.4, 0.5) is 17.1 Å². The van der Waals surface area contributed by atoms with Crippen LogP contribution in [-0.2, 0) is 9.53 Å². The highest BCUT2D eigenvalue weighted by Gasteiger charge is 2.12. The summed E-state index contributed by atoms with van der Waals surface area (Å²) in [6.07, 6.45) is 0.179. The van der Waals surface area contributed by atoms with Gasteiger partial charge in [0.1, 0.15) is 18.0 Å². The van der Waals surface area contributed by atoms with Crippen molar-refractivity contribution in [2.24, 2.45) is 0 Å². The average Bonchev–Trinajstić information content (AvgIpc) is 2.63. The lowest BCUT2D eigenvalue weighted by Crippen LogP contribution is -2.16. The summed E-state index contributed by atoms with van der Waals surface area (Å²) >= 11 is 0. The second-order valence-electron chi connectivity index (χ2n) is 5.36. The van der Waals surface area contributed by atoms with Crippen molar-refractivity contribution >= 4 is 23.0 Å². The standard InChI is InChI=1S/C18H21N3O5/c1-25-12-13-26-15-8-6-14(7-9-15)20-18(22)10-11-19-16-4-2-3-5-17(16)21(23)24/h2-9,19H,10-13H2,1H3,(H,20,22). The first-order valence-corrected chi connectivity index (χ1v) is 8.09. The highest BCUT2D eigenvalue weighted by molar-refractivity contribution is 5.91. The number of carbonyl (C=O) groups is 1. The number of hydrogen-bond donors (Lipinski definition) is 2. The number of nitrogens with one attached hydrogen (secondary N) is 2. The van der Waals surface area contributed by atoms with E-state index in [2.05, 4.69) is 10.6 Å². The molecule has 2 aromatic rings. The summed E-state index contributed by atoms with van der Waals surface area (Å²) in [6, 6.07) is 13.3. The van der Waals surface area contributed by atoms with Gasteiger partial charge in [-0.3, -0.25) is 14.9 Å². The third kappa shape index (κ3) is 6.06. The second kappa shape index (κ2) is 10.00. The number of anilines is 2. The van der Waals surface area contributed by atoms with E-state index in [0.717, 1.165) is 0 Å². The Morgan fingerprint density at radius 2 is 1.85 bits per heavy atom. The number of rotatable bonds is 10. The molecule has 2 aromatic carbocycles. The van der Waals surface area contributed by atoms with Gasteiger partial charge in [-0.15, -0.1) is 0 Å². The van der Waals surface area contributed by atoms with Gasteiger partial charge in [0.25, 0.3) is 5.69 Å². The lowest BCUT2D eigenvalue weighted by atomic mass is 10.2. The Morgan fingerprint density at radius 3 is 2.54 bits per heavy atom. The Hall–Kier alpha value is -3.13. The van der Waals surface area contributed by atoms with E-state index < -0.39 is 4.92 Å². The quantitative estimate of drug-likeness (QED) is 0.384. The topological polar surface area (TPSA) is 103 Å². The number of nitro groups is 1. The van der Waals surface area contributed by atoms with Gasteiger partial charge in [0.05, 0.1) is 11.5 Å². The number of para-hydroxylation sites is 2. The number of carbonyl (C=O) groups excluding carboxylic acids is 1. The Bertz CT molecular complexity index is 734. The summed E-state index contributed by atoms with van der Waals surface area (Å²) in [6.45, 7) is 1.25. The maximum atomic E-state index is 12.0. The molecule has 0 aliphatic heterocycles. The van der Waals surface area contributed by atoms with Crippen molar-refractivity contribution in [3.8, 4) is 5.75 Å². The Kier molecular flexibility index (Phi) is 7.38. The lowest BCUT2D eigenvalue weighted by molar-refractivity contribution is -0.384. The fourth-order valence-corrected chi connectivity index (χ4v) is 2.19. The Labute approximate surface area is 151 Å².